The van der Waals surface area contributed by atoms with Crippen molar-refractivity contribution in [1.29, 1.82) is 0 Å². The molecular weight excluding hydrogens is 386 g/mol. The van der Waals surface area contributed by atoms with Gasteiger partial charge in [0.25, 0.3) is 0 Å². The van der Waals surface area contributed by atoms with E-state index >= 15 is 0 Å². The molecule has 158 valence electrons. The van der Waals surface area contributed by atoms with Crippen LogP contribution in [-0.4, -0.2) is 50.8 Å². The monoisotopic (exact) mass is 417 g/mol. The summed E-state index contributed by atoms with van der Waals surface area (Å²) in [5.41, 5.74) is 3.44. The van der Waals surface area contributed by atoms with Crippen molar-refractivity contribution >= 4 is 11.6 Å². The van der Waals surface area contributed by atoms with Crippen molar-refractivity contribution in [2.45, 2.75) is 27.0 Å². The average Bonchev–Trinajstić information content (AvgIpc) is 2.73. The summed E-state index contributed by atoms with van der Waals surface area (Å²) in [5, 5.41) is 7.48. The van der Waals surface area contributed by atoms with Gasteiger partial charge in [-0.1, -0.05) is 35.9 Å². The quantitative estimate of drug-likeness (QED) is 0.578. The number of nitrogens with one attached hydrogen (secondary N) is 2. The second kappa shape index (κ2) is 11.4. The van der Waals surface area contributed by atoms with E-state index in [9.17, 15) is 0 Å². The second-order valence-electron chi connectivity index (χ2n) is 7.32. The molecular formula is C23H32ClN3O2. The van der Waals surface area contributed by atoms with Gasteiger partial charge in [-0.3, -0.25) is 4.90 Å². The first-order valence-corrected chi connectivity index (χ1v) is 10.8. The molecule has 0 saturated carbocycles. The Labute approximate surface area is 179 Å². The molecule has 29 heavy (non-hydrogen) atoms. The molecule has 0 aromatic heterocycles. The zero-order valence-corrected chi connectivity index (χ0v) is 18.2. The van der Waals surface area contributed by atoms with E-state index in [1.807, 2.05) is 31.2 Å². The Morgan fingerprint density at radius 2 is 1.93 bits per heavy atom. The molecule has 3 rings (SSSR count). The first-order chi connectivity index (χ1) is 14.2. The largest absolute Gasteiger partial charge is 0.490 e. The van der Waals surface area contributed by atoms with E-state index in [2.05, 4.69) is 34.6 Å². The summed E-state index contributed by atoms with van der Waals surface area (Å²) in [7, 11) is 0. The van der Waals surface area contributed by atoms with Crippen LogP contribution in [0.3, 0.4) is 0 Å². The third-order valence-corrected chi connectivity index (χ3v) is 5.43. The fourth-order valence-electron chi connectivity index (χ4n) is 3.45. The molecule has 1 aliphatic rings. The zero-order chi connectivity index (χ0) is 20.5. The van der Waals surface area contributed by atoms with Crippen LogP contribution in [0.25, 0.3) is 0 Å². The number of aryl methyl sites for hydroxylation is 1. The molecule has 0 bridgehead atoms. The predicted molar refractivity (Wildman–Crippen MR) is 119 cm³/mol. The molecule has 1 fully saturated rings. The van der Waals surface area contributed by atoms with Crippen molar-refractivity contribution < 1.29 is 9.47 Å². The highest BCUT2D eigenvalue weighted by Gasteiger charge is 2.14. The molecule has 2 aromatic carbocycles. The van der Waals surface area contributed by atoms with Gasteiger partial charge in [-0.2, -0.15) is 0 Å². The van der Waals surface area contributed by atoms with Crippen LogP contribution in [0.2, 0.25) is 5.02 Å². The molecule has 1 heterocycles. The summed E-state index contributed by atoms with van der Waals surface area (Å²) in [5.74, 6) is 1.31. The SMILES string of the molecule is CCOc1cc(CNCCN2CCNCC2)cc(Cl)c1OCc1ccccc1C. The first kappa shape index (κ1) is 21.9. The maximum atomic E-state index is 6.56. The minimum absolute atomic E-state index is 0.467. The summed E-state index contributed by atoms with van der Waals surface area (Å²) < 4.78 is 11.9. The molecule has 5 nitrogen and oxygen atoms in total. The smallest absolute Gasteiger partial charge is 0.180 e. The fraction of sp³-hybridized carbons (Fsp3) is 0.478. The highest BCUT2D eigenvalue weighted by molar-refractivity contribution is 6.32. The van der Waals surface area contributed by atoms with Crippen LogP contribution < -0.4 is 20.1 Å². The van der Waals surface area contributed by atoms with Crippen LogP contribution in [0.5, 0.6) is 11.5 Å². The number of halogens is 1. The van der Waals surface area contributed by atoms with Gasteiger partial charge in [-0.05, 0) is 42.7 Å². The Morgan fingerprint density at radius 1 is 1.14 bits per heavy atom. The van der Waals surface area contributed by atoms with Crippen molar-refractivity contribution in [1.82, 2.24) is 15.5 Å². The summed E-state index contributed by atoms with van der Waals surface area (Å²) in [4.78, 5) is 2.48. The molecule has 0 radical (unpaired) electrons. The Morgan fingerprint density at radius 3 is 2.69 bits per heavy atom. The molecule has 6 heteroatoms. The lowest BCUT2D eigenvalue weighted by Crippen LogP contribution is -2.45. The maximum absolute atomic E-state index is 6.56. The number of piperazine rings is 1. The Balaban J connectivity index is 1.58. The minimum atomic E-state index is 0.467. The van der Waals surface area contributed by atoms with E-state index in [0.717, 1.165) is 56.9 Å². The van der Waals surface area contributed by atoms with E-state index in [0.29, 0.717) is 29.7 Å². The van der Waals surface area contributed by atoms with Gasteiger partial charge in [0.05, 0.1) is 11.6 Å². The van der Waals surface area contributed by atoms with Crippen molar-refractivity contribution in [2.24, 2.45) is 0 Å². The average molecular weight is 418 g/mol. The van der Waals surface area contributed by atoms with Crippen LogP contribution in [-0.2, 0) is 13.2 Å². The summed E-state index contributed by atoms with van der Waals surface area (Å²) in [6.45, 7) is 12.3. The zero-order valence-electron chi connectivity index (χ0n) is 17.5. The minimum Gasteiger partial charge on any atom is -0.490 e. The van der Waals surface area contributed by atoms with Gasteiger partial charge in [0.15, 0.2) is 11.5 Å². The van der Waals surface area contributed by atoms with Gasteiger partial charge >= 0.3 is 0 Å². The number of benzene rings is 2. The first-order valence-electron chi connectivity index (χ1n) is 10.4. The van der Waals surface area contributed by atoms with Crippen LogP contribution in [0.4, 0.5) is 0 Å². The van der Waals surface area contributed by atoms with Crippen LogP contribution in [0, 0.1) is 6.92 Å². The predicted octanol–water partition coefficient (Wildman–Crippen LogP) is 3.62. The van der Waals surface area contributed by atoms with Gasteiger partial charge in [-0.25, -0.2) is 0 Å². The number of ether oxygens (including phenoxy) is 2. The van der Waals surface area contributed by atoms with Crippen molar-refractivity contribution in [3.63, 3.8) is 0 Å². The summed E-state index contributed by atoms with van der Waals surface area (Å²) >= 11 is 6.56. The number of hydrogen-bond acceptors (Lipinski definition) is 5. The highest BCUT2D eigenvalue weighted by atomic mass is 35.5. The third-order valence-electron chi connectivity index (χ3n) is 5.15. The molecule has 0 aliphatic carbocycles. The fourth-order valence-corrected chi connectivity index (χ4v) is 3.74. The summed E-state index contributed by atoms with van der Waals surface area (Å²) in [6, 6.07) is 12.2. The molecule has 1 saturated heterocycles. The second-order valence-corrected chi connectivity index (χ2v) is 7.73. The van der Waals surface area contributed by atoms with E-state index in [1.54, 1.807) is 0 Å². The van der Waals surface area contributed by atoms with Gasteiger partial charge in [-0.15, -0.1) is 0 Å². The Kier molecular flexibility index (Phi) is 8.62. The molecule has 1 aliphatic heterocycles. The number of hydrogen-bond donors (Lipinski definition) is 2. The van der Waals surface area contributed by atoms with Gasteiger partial charge in [0, 0.05) is 45.8 Å². The van der Waals surface area contributed by atoms with Gasteiger partial charge in [0.1, 0.15) is 6.61 Å². The lowest BCUT2D eigenvalue weighted by atomic mass is 10.1. The third kappa shape index (κ3) is 6.61. The van der Waals surface area contributed by atoms with Gasteiger partial charge in [0.2, 0.25) is 0 Å². The molecule has 0 amide bonds. The van der Waals surface area contributed by atoms with E-state index in [-0.39, 0.29) is 0 Å². The lowest BCUT2D eigenvalue weighted by molar-refractivity contribution is 0.241. The number of rotatable bonds is 10. The van der Waals surface area contributed by atoms with Crippen LogP contribution in [0.15, 0.2) is 36.4 Å². The molecule has 0 atom stereocenters. The summed E-state index contributed by atoms with van der Waals surface area (Å²) in [6.07, 6.45) is 0. The topological polar surface area (TPSA) is 45.8 Å². The van der Waals surface area contributed by atoms with E-state index in [4.69, 9.17) is 21.1 Å². The highest BCUT2D eigenvalue weighted by Crippen LogP contribution is 2.37. The van der Waals surface area contributed by atoms with Gasteiger partial charge < -0.3 is 20.1 Å². The normalized spacial score (nSPS) is 14.7. The van der Waals surface area contributed by atoms with Crippen LogP contribution in [0.1, 0.15) is 23.6 Å². The molecule has 2 aromatic rings. The standard InChI is InChI=1S/C23H32ClN3O2/c1-3-28-22-15-19(16-26-10-13-27-11-8-25-9-12-27)14-21(24)23(22)29-17-20-7-5-4-6-18(20)2/h4-7,14-15,25-26H,3,8-13,16-17H2,1-2H3. The van der Waals surface area contributed by atoms with Crippen molar-refractivity contribution in [2.75, 3.05) is 45.9 Å². The Hall–Kier alpha value is -1.79. The van der Waals surface area contributed by atoms with Crippen molar-refractivity contribution in [3.05, 3.63) is 58.1 Å². The molecule has 0 spiro atoms. The van der Waals surface area contributed by atoms with Crippen LogP contribution >= 0.6 is 11.6 Å². The van der Waals surface area contributed by atoms with Crippen molar-refractivity contribution in [3.8, 4) is 11.5 Å². The maximum Gasteiger partial charge on any atom is 0.180 e. The van der Waals surface area contributed by atoms with E-state index in [1.165, 1.54) is 5.56 Å². The van der Waals surface area contributed by atoms with E-state index < -0.39 is 0 Å². The number of nitrogens with zero attached hydrogens (tertiary/aromatic N) is 1. The molecule has 2 N–H and O–H groups in total. The Bertz CT molecular complexity index is 779. The molecule has 0 unspecified atom stereocenters. The lowest BCUT2D eigenvalue weighted by Gasteiger charge is -2.27.